The largest absolute Gasteiger partial charge is 0.491 e. The Morgan fingerprint density at radius 2 is 2.00 bits per heavy atom. The molecule has 0 saturated carbocycles. The first kappa shape index (κ1) is 15.0. The van der Waals surface area contributed by atoms with Crippen LogP contribution in [0.5, 0.6) is 5.75 Å². The van der Waals surface area contributed by atoms with Crippen LogP contribution in [-0.2, 0) is 11.2 Å². The molecule has 0 spiro atoms. The molecule has 0 fully saturated rings. The number of hydrogen-bond donors (Lipinski definition) is 2. The minimum absolute atomic E-state index is 0.310. The van der Waals surface area contributed by atoms with Gasteiger partial charge in [-0.25, -0.2) is 0 Å². The molecule has 0 aromatic heterocycles. The van der Waals surface area contributed by atoms with E-state index < -0.39 is 6.10 Å². The summed E-state index contributed by atoms with van der Waals surface area (Å²) >= 11 is 0. The topological polar surface area (TPSA) is 50.7 Å². The van der Waals surface area contributed by atoms with Gasteiger partial charge in [0.05, 0.1) is 6.61 Å². The molecule has 0 radical (unpaired) electrons. The van der Waals surface area contributed by atoms with Gasteiger partial charge in [0.1, 0.15) is 18.5 Å². The number of methoxy groups -OCH3 is 1. The molecule has 1 rings (SSSR count). The molecule has 0 saturated heterocycles. The number of nitrogens with one attached hydrogen (secondary N) is 1. The Labute approximate surface area is 109 Å². The standard InChI is InChI=1S/C14H23NO3/c1-3-15-10-13(16)11-18-14-6-4-12(5-7-14)8-9-17-2/h4-7,13,15-16H,3,8-11H2,1-2H3/t13-/m0/s1. The Kier molecular flexibility index (Phi) is 7.41. The van der Waals surface area contributed by atoms with Gasteiger partial charge in [-0.3, -0.25) is 0 Å². The van der Waals surface area contributed by atoms with Gasteiger partial charge in [0.15, 0.2) is 0 Å². The number of aliphatic hydroxyl groups excluding tert-OH is 1. The third-order valence-corrected chi connectivity index (χ3v) is 2.59. The van der Waals surface area contributed by atoms with Crippen molar-refractivity contribution in [3.63, 3.8) is 0 Å². The predicted octanol–water partition coefficient (Wildman–Crippen LogP) is 1.22. The van der Waals surface area contributed by atoms with E-state index in [2.05, 4.69) is 5.32 Å². The number of likely N-dealkylation sites (N-methyl/N-ethyl adjacent to an activating group) is 1. The first-order valence-corrected chi connectivity index (χ1v) is 6.35. The second-order valence-corrected chi connectivity index (χ2v) is 4.16. The molecule has 4 heteroatoms. The lowest BCUT2D eigenvalue weighted by Gasteiger charge is -2.12. The third-order valence-electron chi connectivity index (χ3n) is 2.59. The van der Waals surface area contributed by atoms with Crippen LogP contribution in [0.3, 0.4) is 0 Å². The fourth-order valence-electron chi connectivity index (χ4n) is 1.53. The molecule has 1 aromatic rings. The molecule has 1 atom stereocenters. The molecule has 0 bridgehead atoms. The van der Waals surface area contributed by atoms with Crippen molar-refractivity contribution in [1.82, 2.24) is 5.32 Å². The van der Waals surface area contributed by atoms with Gasteiger partial charge in [-0.15, -0.1) is 0 Å². The fourth-order valence-corrected chi connectivity index (χ4v) is 1.53. The van der Waals surface area contributed by atoms with Gasteiger partial charge in [0.2, 0.25) is 0 Å². The van der Waals surface area contributed by atoms with E-state index in [9.17, 15) is 5.11 Å². The smallest absolute Gasteiger partial charge is 0.119 e. The van der Waals surface area contributed by atoms with E-state index in [1.807, 2.05) is 31.2 Å². The average Bonchev–Trinajstić information content (AvgIpc) is 2.41. The lowest BCUT2D eigenvalue weighted by Crippen LogP contribution is -2.31. The van der Waals surface area contributed by atoms with Crippen LogP contribution in [0.15, 0.2) is 24.3 Å². The van der Waals surface area contributed by atoms with Crippen molar-refractivity contribution < 1.29 is 14.6 Å². The summed E-state index contributed by atoms with van der Waals surface area (Å²) in [6, 6.07) is 7.88. The highest BCUT2D eigenvalue weighted by Gasteiger charge is 2.04. The zero-order valence-corrected chi connectivity index (χ0v) is 11.2. The van der Waals surface area contributed by atoms with Gasteiger partial charge in [-0.2, -0.15) is 0 Å². The first-order chi connectivity index (χ1) is 8.76. The third kappa shape index (κ3) is 6.00. The van der Waals surface area contributed by atoms with Crippen LogP contribution in [0, 0.1) is 0 Å². The normalized spacial score (nSPS) is 12.4. The highest BCUT2D eigenvalue weighted by molar-refractivity contribution is 5.27. The summed E-state index contributed by atoms with van der Waals surface area (Å²) in [5.74, 6) is 0.784. The fraction of sp³-hybridized carbons (Fsp3) is 0.571. The lowest BCUT2D eigenvalue weighted by atomic mass is 10.1. The van der Waals surface area contributed by atoms with Crippen molar-refractivity contribution in [2.45, 2.75) is 19.4 Å². The SMILES string of the molecule is CCNC[C@H](O)COc1ccc(CCOC)cc1. The van der Waals surface area contributed by atoms with Crippen LogP contribution < -0.4 is 10.1 Å². The second-order valence-electron chi connectivity index (χ2n) is 4.16. The highest BCUT2D eigenvalue weighted by Crippen LogP contribution is 2.12. The van der Waals surface area contributed by atoms with Crippen molar-refractivity contribution in [3.05, 3.63) is 29.8 Å². The van der Waals surface area contributed by atoms with Gasteiger partial charge in [0.25, 0.3) is 0 Å². The van der Waals surface area contributed by atoms with Crippen LogP contribution in [-0.4, -0.2) is 44.6 Å². The van der Waals surface area contributed by atoms with Crippen molar-refractivity contribution in [2.75, 3.05) is 33.4 Å². The Hall–Kier alpha value is -1.10. The molecule has 0 heterocycles. The molecule has 2 N–H and O–H groups in total. The van der Waals surface area contributed by atoms with E-state index in [1.54, 1.807) is 7.11 Å². The van der Waals surface area contributed by atoms with Gasteiger partial charge in [0, 0.05) is 13.7 Å². The summed E-state index contributed by atoms with van der Waals surface area (Å²) in [5.41, 5.74) is 1.22. The van der Waals surface area contributed by atoms with E-state index in [-0.39, 0.29) is 0 Å². The molecule has 102 valence electrons. The molecular formula is C14H23NO3. The first-order valence-electron chi connectivity index (χ1n) is 6.35. The zero-order chi connectivity index (χ0) is 13.2. The summed E-state index contributed by atoms with van der Waals surface area (Å²) in [6.07, 6.45) is 0.429. The highest BCUT2D eigenvalue weighted by atomic mass is 16.5. The van der Waals surface area contributed by atoms with Crippen LogP contribution in [0.4, 0.5) is 0 Å². The quantitative estimate of drug-likeness (QED) is 0.695. The van der Waals surface area contributed by atoms with Crippen molar-refractivity contribution in [2.24, 2.45) is 0 Å². The Bertz CT molecular complexity index is 313. The van der Waals surface area contributed by atoms with Crippen LogP contribution >= 0.6 is 0 Å². The maximum atomic E-state index is 9.61. The number of benzene rings is 1. The van der Waals surface area contributed by atoms with E-state index in [0.29, 0.717) is 13.2 Å². The summed E-state index contributed by atoms with van der Waals surface area (Å²) in [7, 11) is 1.70. The molecule has 0 aliphatic carbocycles. The molecule has 18 heavy (non-hydrogen) atoms. The minimum atomic E-state index is -0.474. The minimum Gasteiger partial charge on any atom is -0.491 e. The summed E-state index contributed by atoms with van der Waals surface area (Å²) < 4.78 is 10.5. The molecule has 0 amide bonds. The molecule has 0 aliphatic rings. The lowest BCUT2D eigenvalue weighted by molar-refractivity contribution is 0.107. The monoisotopic (exact) mass is 253 g/mol. The maximum Gasteiger partial charge on any atom is 0.119 e. The number of ether oxygens (including phenoxy) is 2. The van der Waals surface area contributed by atoms with Crippen molar-refractivity contribution >= 4 is 0 Å². The van der Waals surface area contributed by atoms with Gasteiger partial charge < -0.3 is 19.9 Å². The Balaban J connectivity index is 2.30. The number of rotatable bonds is 9. The number of hydrogen-bond acceptors (Lipinski definition) is 4. The van der Waals surface area contributed by atoms with E-state index in [0.717, 1.165) is 25.3 Å². The molecular weight excluding hydrogens is 230 g/mol. The average molecular weight is 253 g/mol. The van der Waals surface area contributed by atoms with Gasteiger partial charge >= 0.3 is 0 Å². The summed E-state index contributed by atoms with van der Waals surface area (Å²) in [6.45, 7) is 4.45. The number of aliphatic hydroxyl groups is 1. The Morgan fingerprint density at radius 1 is 1.28 bits per heavy atom. The van der Waals surface area contributed by atoms with Gasteiger partial charge in [-0.1, -0.05) is 19.1 Å². The van der Waals surface area contributed by atoms with E-state index in [4.69, 9.17) is 9.47 Å². The molecule has 1 aromatic carbocycles. The maximum absolute atomic E-state index is 9.61. The molecule has 0 unspecified atom stereocenters. The second kappa shape index (κ2) is 8.91. The molecule has 0 aliphatic heterocycles. The Morgan fingerprint density at radius 3 is 2.61 bits per heavy atom. The van der Waals surface area contributed by atoms with Gasteiger partial charge in [-0.05, 0) is 30.7 Å². The van der Waals surface area contributed by atoms with Crippen molar-refractivity contribution in [3.8, 4) is 5.75 Å². The van der Waals surface area contributed by atoms with E-state index in [1.165, 1.54) is 5.56 Å². The van der Waals surface area contributed by atoms with E-state index >= 15 is 0 Å². The van der Waals surface area contributed by atoms with Crippen LogP contribution in [0.1, 0.15) is 12.5 Å². The van der Waals surface area contributed by atoms with Crippen LogP contribution in [0.25, 0.3) is 0 Å². The van der Waals surface area contributed by atoms with Crippen LogP contribution in [0.2, 0.25) is 0 Å². The summed E-state index contributed by atoms with van der Waals surface area (Å²) in [4.78, 5) is 0. The molecule has 4 nitrogen and oxygen atoms in total. The summed E-state index contributed by atoms with van der Waals surface area (Å²) in [5, 5.41) is 12.7. The predicted molar refractivity (Wildman–Crippen MR) is 72.1 cm³/mol. The van der Waals surface area contributed by atoms with Crippen molar-refractivity contribution in [1.29, 1.82) is 0 Å². The zero-order valence-electron chi connectivity index (χ0n) is 11.2.